The number of carbonyl (C=O) groups excluding carboxylic acids is 1. The van der Waals surface area contributed by atoms with E-state index < -0.39 is 0 Å². The van der Waals surface area contributed by atoms with Crippen LogP contribution in [-0.4, -0.2) is 44.5 Å². The van der Waals surface area contributed by atoms with Gasteiger partial charge in [0.2, 0.25) is 0 Å². The Bertz CT molecular complexity index is 922. The van der Waals surface area contributed by atoms with E-state index in [-0.39, 0.29) is 17.8 Å². The highest BCUT2D eigenvalue weighted by atomic mass is 19.1. The zero-order chi connectivity index (χ0) is 17.4. The number of pyridine rings is 1. The molecule has 6 nitrogen and oxygen atoms in total. The molecule has 1 fully saturated rings. The van der Waals surface area contributed by atoms with Gasteiger partial charge in [0.25, 0.3) is 5.91 Å². The third-order valence-electron chi connectivity index (χ3n) is 4.35. The van der Waals surface area contributed by atoms with Crippen molar-refractivity contribution in [3.63, 3.8) is 0 Å². The number of aromatic nitrogens is 3. The molecular weight excluding hydrogens is 323 g/mol. The third kappa shape index (κ3) is 3.05. The minimum absolute atomic E-state index is 0.0785. The van der Waals surface area contributed by atoms with E-state index in [2.05, 4.69) is 9.97 Å². The third-order valence-corrected chi connectivity index (χ3v) is 4.35. The summed E-state index contributed by atoms with van der Waals surface area (Å²) >= 11 is 0. The molecule has 1 aliphatic heterocycles. The normalized spacial score (nSPS) is 17.2. The Morgan fingerprint density at radius 1 is 1.28 bits per heavy atom. The number of imidazole rings is 1. The van der Waals surface area contributed by atoms with Gasteiger partial charge in [0.1, 0.15) is 23.2 Å². The smallest absolute Gasteiger partial charge is 0.255 e. The molecule has 0 spiro atoms. The molecule has 1 atom stereocenters. The van der Waals surface area contributed by atoms with E-state index >= 15 is 0 Å². The Labute approximate surface area is 143 Å². The molecule has 0 N–H and O–H groups in total. The Morgan fingerprint density at radius 2 is 2.08 bits per heavy atom. The van der Waals surface area contributed by atoms with Gasteiger partial charge in [0.05, 0.1) is 18.4 Å². The number of benzene rings is 1. The fraction of sp³-hybridized carbons (Fsp3) is 0.278. The molecule has 2 aromatic heterocycles. The summed E-state index contributed by atoms with van der Waals surface area (Å²) in [5, 5.41) is 0. The predicted octanol–water partition coefficient (Wildman–Crippen LogP) is 2.40. The standard InChI is InChI=1S/C18H17FN4O2/c1-22-11-21-16-8-12(9-20-17(16)22)18(24)23-7-6-15(10-23)25-14-4-2-13(19)3-5-14/h2-5,8-9,11,15H,6-7,10H2,1H3/t15-/m0/s1. The first-order chi connectivity index (χ1) is 12.1. The molecule has 1 amide bonds. The Morgan fingerprint density at radius 3 is 2.88 bits per heavy atom. The van der Waals surface area contributed by atoms with Crippen molar-refractivity contribution in [2.24, 2.45) is 7.05 Å². The van der Waals surface area contributed by atoms with Crippen molar-refractivity contribution in [3.05, 3.63) is 54.2 Å². The lowest BCUT2D eigenvalue weighted by molar-refractivity contribution is 0.0772. The summed E-state index contributed by atoms with van der Waals surface area (Å²) in [6.07, 6.45) is 3.90. The number of rotatable bonds is 3. The van der Waals surface area contributed by atoms with Gasteiger partial charge in [-0.15, -0.1) is 0 Å². The minimum atomic E-state index is -0.298. The van der Waals surface area contributed by atoms with Gasteiger partial charge in [-0.25, -0.2) is 14.4 Å². The lowest BCUT2D eigenvalue weighted by atomic mass is 10.2. The molecular formula is C18H17FN4O2. The molecule has 7 heteroatoms. The Hall–Kier alpha value is -2.96. The van der Waals surface area contributed by atoms with Gasteiger partial charge in [-0.2, -0.15) is 0 Å². The molecule has 1 saturated heterocycles. The van der Waals surface area contributed by atoms with E-state index in [0.29, 0.717) is 29.9 Å². The molecule has 3 heterocycles. The van der Waals surface area contributed by atoms with Crippen LogP contribution in [0.2, 0.25) is 0 Å². The van der Waals surface area contributed by atoms with Crippen LogP contribution in [0.15, 0.2) is 42.9 Å². The quantitative estimate of drug-likeness (QED) is 0.735. The SMILES string of the molecule is Cn1cnc2cc(C(=O)N3CC[C@H](Oc4ccc(F)cc4)C3)cnc21. The maximum atomic E-state index is 12.9. The average Bonchev–Trinajstić information content (AvgIpc) is 3.23. The highest BCUT2D eigenvalue weighted by Crippen LogP contribution is 2.21. The van der Waals surface area contributed by atoms with Crippen molar-refractivity contribution in [3.8, 4) is 5.75 Å². The van der Waals surface area contributed by atoms with Crippen LogP contribution < -0.4 is 4.74 Å². The first kappa shape index (κ1) is 15.6. The first-order valence-corrected chi connectivity index (χ1v) is 8.09. The van der Waals surface area contributed by atoms with E-state index in [1.54, 1.807) is 35.6 Å². The van der Waals surface area contributed by atoms with Crippen molar-refractivity contribution in [2.75, 3.05) is 13.1 Å². The summed E-state index contributed by atoms with van der Waals surface area (Å²) in [7, 11) is 1.86. The van der Waals surface area contributed by atoms with Crippen LogP contribution in [0.1, 0.15) is 16.8 Å². The van der Waals surface area contributed by atoms with Crippen molar-refractivity contribution in [2.45, 2.75) is 12.5 Å². The van der Waals surface area contributed by atoms with Crippen LogP contribution in [0.25, 0.3) is 11.2 Å². The molecule has 128 valence electrons. The Balaban J connectivity index is 1.44. The van der Waals surface area contributed by atoms with Gasteiger partial charge in [0, 0.05) is 26.2 Å². The van der Waals surface area contributed by atoms with E-state index in [4.69, 9.17) is 4.74 Å². The Kier molecular flexibility index (Phi) is 3.83. The second kappa shape index (κ2) is 6.16. The molecule has 1 aromatic carbocycles. The summed E-state index contributed by atoms with van der Waals surface area (Å²) in [5.41, 5.74) is 1.97. The van der Waals surface area contributed by atoms with Gasteiger partial charge in [0.15, 0.2) is 5.65 Å². The van der Waals surface area contributed by atoms with Gasteiger partial charge in [-0.3, -0.25) is 4.79 Å². The summed E-state index contributed by atoms with van der Waals surface area (Å²) in [4.78, 5) is 23.0. The van der Waals surface area contributed by atoms with E-state index in [0.717, 1.165) is 12.1 Å². The number of hydrogen-bond acceptors (Lipinski definition) is 4. The number of fused-ring (bicyclic) bond motifs is 1. The zero-order valence-electron chi connectivity index (χ0n) is 13.7. The highest BCUT2D eigenvalue weighted by molar-refractivity contribution is 5.96. The number of aryl methyl sites for hydroxylation is 1. The van der Waals surface area contributed by atoms with Crippen LogP contribution in [0.4, 0.5) is 4.39 Å². The number of nitrogens with zero attached hydrogens (tertiary/aromatic N) is 4. The van der Waals surface area contributed by atoms with Gasteiger partial charge in [-0.05, 0) is 30.3 Å². The highest BCUT2D eigenvalue weighted by Gasteiger charge is 2.28. The van der Waals surface area contributed by atoms with E-state index in [1.807, 2.05) is 11.6 Å². The van der Waals surface area contributed by atoms with Crippen molar-refractivity contribution < 1.29 is 13.9 Å². The van der Waals surface area contributed by atoms with Crippen LogP contribution in [0.3, 0.4) is 0 Å². The number of hydrogen-bond donors (Lipinski definition) is 0. The predicted molar refractivity (Wildman–Crippen MR) is 89.8 cm³/mol. The maximum absolute atomic E-state index is 12.9. The fourth-order valence-corrected chi connectivity index (χ4v) is 3.03. The summed E-state index contributed by atoms with van der Waals surface area (Å²) in [6.45, 7) is 1.11. The molecule has 4 rings (SSSR count). The zero-order valence-corrected chi connectivity index (χ0v) is 13.7. The number of carbonyl (C=O) groups is 1. The molecule has 25 heavy (non-hydrogen) atoms. The number of halogens is 1. The van der Waals surface area contributed by atoms with Crippen LogP contribution >= 0.6 is 0 Å². The molecule has 1 aliphatic rings. The van der Waals surface area contributed by atoms with Gasteiger partial charge in [-0.1, -0.05) is 0 Å². The monoisotopic (exact) mass is 340 g/mol. The van der Waals surface area contributed by atoms with Gasteiger partial charge >= 0.3 is 0 Å². The largest absolute Gasteiger partial charge is 0.489 e. The average molecular weight is 340 g/mol. The summed E-state index contributed by atoms with van der Waals surface area (Å²) in [5.74, 6) is 0.232. The minimum Gasteiger partial charge on any atom is -0.489 e. The number of amides is 1. The molecule has 0 aliphatic carbocycles. The second-order valence-electron chi connectivity index (χ2n) is 6.16. The fourth-order valence-electron chi connectivity index (χ4n) is 3.03. The molecule has 0 bridgehead atoms. The second-order valence-corrected chi connectivity index (χ2v) is 6.16. The van der Waals surface area contributed by atoms with E-state index in [1.165, 1.54) is 12.1 Å². The van der Waals surface area contributed by atoms with Crippen molar-refractivity contribution in [1.29, 1.82) is 0 Å². The molecule has 0 radical (unpaired) electrons. The maximum Gasteiger partial charge on any atom is 0.255 e. The lowest BCUT2D eigenvalue weighted by Crippen LogP contribution is -2.31. The van der Waals surface area contributed by atoms with Crippen LogP contribution in [-0.2, 0) is 7.05 Å². The van der Waals surface area contributed by atoms with E-state index in [9.17, 15) is 9.18 Å². The number of likely N-dealkylation sites (tertiary alicyclic amines) is 1. The van der Waals surface area contributed by atoms with Crippen molar-refractivity contribution >= 4 is 17.1 Å². The molecule has 0 saturated carbocycles. The summed E-state index contributed by atoms with van der Waals surface area (Å²) < 4.78 is 20.6. The topological polar surface area (TPSA) is 60.2 Å². The first-order valence-electron chi connectivity index (χ1n) is 8.09. The lowest BCUT2D eigenvalue weighted by Gasteiger charge is -2.17. The number of ether oxygens (including phenoxy) is 1. The molecule has 0 unspecified atom stereocenters. The van der Waals surface area contributed by atoms with Crippen LogP contribution in [0, 0.1) is 5.82 Å². The van der Waals surface area contributed by atoms with Gasteiger partial charge < -0.3 is 14.2 Å². The molecule has 3 aromatic rings. The van der Waals surface area contributed by atoms with Crippen LogP contribution in [0.5, 0.6) is 5.75 Å². The summed E-state index contributed by atoms with van der Waals surface area (Å²) in [6, 6.07) is 7.68. The van der Waals surface area contributed by atoms with Crippen molar-refractivity contribution in [1.82, 2.24) is 19.4 Å².